The van der Waals surface area contributed by atoms with E-state index < -0.39 is 5.97 Å². The number of carbonyl (C=O) groups is 2. The number of para-hydroxylation sites is 1. The summed E-state index contributed by atoms with van der Waals surface area (Å²) in [5, 5.41) is 16.7. The minimum absolute atomic E-state index is 0.0764. The zero-order valence-corrected chi connectivity index (χ0v) is 13.9. The molecule has 1 amide bonds. The molecule has 2 aliphatic carbocycles. The van der Waals surface area contributed by atoms with E-state index in [1.165, 1.54) is 0 Å². The second-order valence-electron chi connectivity index (χ2n) is 6.89. The van der Waals surface area contributed by atoms with Crippen molar-refractivity contribution >= 4 is 11.9 Å². The number of hydrogen-bond acceptors (Lipinski definition) is 3. The summed E-state index contributed by atoms with van der Waals surface area (Å²) in [4.78, 5) is 23.8. The summed E-state index contributed by atoms with van der Waals surface area (Å²) in [6.07, 6.45) is 4.66. The number of nitrogens with one attached hydrogen (secondary N) is 1. The highest BCUT2D eigenvalue weighted by molar-refractivity contribution is 5.94. The number of carboxylic acids is 1. The van der Waals surface area contributed by atoms with Crippen LogP contribution in [-0.2, 0) is 17.6 Å². The molecule has 0 spiro atoms. The predicted molar refractivity (Wildman–Crippen MR) is 91.8 cm³/mol. The number of carbonyl (C=O) groups excluding carboxylic acids is 1. The molecule has 2 aromatic rings. The van der Waals surface area contributed by atoms with Gasteiger partial charge in [-0.05, 0) is 50.7 Å². The number of rotatable bonds is 4. The first-order valence-electron chi connectivity index (χ1n) is 8.83. The van der Waals surface area contributed by atoms with Gasteiger partial charge in [0, 0.05) is 17.3 Å². The summed E-state index contributed by atoms with van der Waals surface area (Å²) in [5.74, 6) is -1.30. The molecule has 0 saturated heterocycles. The molecule has 1 heterocycles. The Morgan fingerprint density at radius 2 is 1.96 bits per heavy atom. The van der Waals surface area contributed by atoms with E-state index in [-0.39, 0.29) is 17.9 Å². The quantitative estimate of drug-likeness (QED) is 0.895. The van der Waals surface area contributed by atoms with Crippen LogP contribution < -0.4 is 5.32 Å². The molecular formula is C19H21N3O3. The zero-order valence-electron chi connectivity index (χ0n) is 13.9. The van der Waals surface area contributed by atoms with Gasteiger partial charge < -0.3 is 10.4 Å². The minimum Gasteiger partial charge on any atom is -0.481 e. The monoisotopic (exact) mass is 339 g/mol. The van der Waals surface area contributed by atoms with Gasteiger partial charge in [0.2, 0.25) is 0 Å². The second-order valence-corrected chi connectivity index (χ2v) is 6.89. The number of aromatic nitrogens is 2. The van der Waals surface area contributed by atoms with Crippen molar-refractivity contribution in [2.75, 3.05) is 0 Å². The number of hydrogen-bond donors (Lipinski definition) is 2. The second kappa shape index (κ2) is 6.35. The van der Waals surface area contributed by atoms with Crippen molar-refractivity contribution < 1.29 is 14.7 Å². The maximum absolute atomic E-state index is 12.7. The van der Waals surface area contributed by atoms with Gasteiger partial charge in [-0.2, -0.15) is 5.10 Å². The van der Waals surface area contributed by atoms with Crippen LogP contribution in [0.25, 0.3) is 5.69 Å². The molecule has 130 valence electrons. The van der Waals surface area contributed by atoms with Gasteiger partial charge in [-0.15, -0.1) is 0 Å². The largest absolute Gasteiger partial charge is 0.481 e. The highest BCUT2D eigenvalue weighted by Crippen LogP contribution is 2.29. The number of benzene rings is 1. The van der Waals surface area contributed by atoms with Crippen LogP contribution in [0.5, 0.6) is 0 Å². The first-order chi connectivity index (χ1) is 12.1. The van der Waals surface area contributed by atoms with E-state index in [9.17, 15) is 9.59 Å². The molecule has 0 radical (unpaired) electrons. The minimum atomic E-state index is -0.772. The molecule has 25 heavy (non-hydrogen) atoms. The van der Waals surface area contributed by atoms with Crippen LogP contribution in [0.2, 0.25) is 0 Å². The Balaban J connectivity index is 1.57. The summed E-state index contributed by atoms with van der Waals surface area (Å²) < 4.78 is 1.88. The van der Waals surface area contributed by atoms with Gasteiger partial charge >= 0.3 is 5.97 Å². The lowest BCUT2D eigenvalue weighted by Gasteiger charge is -2.11. The Morgan fingerprint density at radius 3 is 2.68 bits per heavy atom. The van der Waals surface area contributed by atoms with Gasteiger partial charge in [-0.25, -0.2) is 4.68 Å². The molecule has 0 aliphatic heterocycles. The molecular weight excluding hydrogens is 318 g/mol. The van der Waals surface area contributed by atoms with E-state index in [0.29, 0.717) is 25.0 Å². The molecule has 1 aromatic heterocycles. The number of nitrogens with zero attached hydrogens (tertiary/aromatic N) is 2. The van der Waals surface area contributed by atoms with Crippen LogP contribution in [0.3, 0.4) is 0 Å². The lowest BCUT2D eigenvalue weighted by Crippen LogP contribution is -2.34. The Labute approximate surface area is 145 Å². The standard InChI is InChI=1S/C19H21N3O3/c23-18(20-13-10-9-12(11-13)19(24)25)17-15-7-4-8-16(15)22(21-17)14-5-2-1-3-6-14/h1-3,5-6,12-13H,4,7-11H2,(H,20,23)(H,24,25)/t12-,13+/m1/s1. The lowest BCUT2D eigenvalue weighted by molar-refractivity contribution is -0.141. The van der Waals surface area contributed by atoms with Gasteiger partial charge in [0.25, 0.3) is 5.91 Å². The molecule has 1 fully saturated rings. The maximum Gasteiger partial charge on any atom is 0.306 e. The van der Waals surface area contributed by atoms with Crippen molar-refractivity contribution in [1.29, 1.82) is 0 Å². The van der Waals surface area contributed by atoms with Crippen LogP contribution in [0.15, 0.2) is 30.3 Å². The SMILES string of the molecule is O=C(N[C@H]1CC[C@@H](C(=O)O)C1)c1nn(-c2ccccc2)c2c1CCC2. The molecule has 1 saturated carbocycles. The molecule has 0 unspecified atom stereocenters. The first kappa shape index (κ1) is 15.9. The predicted octanol–water partition coefficient (Wildman–Crippen LogP) is 2.34. The molecule has 4 rings (SSSR count). The lowest BCUT2D eigenvalue weighted by atomic mass is 10.1. The Kier molecular flexibility index (Phi) is 4.03. The molecule has 6 nitrogen and oxygen atoms in total. The van der Waals surface area contributed by atoms with Crippen molar-refractivity contribution in [2.24, 2.45) is 5.92 Å². The number of aliphatic carboxylic acids is 1. The van der Waals surface area contributed by atoms with Crippen LogP contribution in [0, 0.1) is 5.92 Å². The molecule has 1 aromatic carbocycles. The van der Waals surface area contributed by atoms with Crippen molar-refractivity contribution in [3.63, 3.8) is 0 Å². The summed E-state index contributed by atoms with van der Waals surface area (Å²) in [7, 11) is 0. The molecule has 0 bridgehead atoms. The van der Waals surface area contributed by atoms with Crippen molar-refractivity contribution in [2.45, 2.75) is 44.6 Å². The van der Waals surface area contributed by atoms with E-state index in [1.807, 2.05) is 35.0 Å². The van der Waals surface area contributed by atoms with Crippen molar-refractivity contribution in [3.8, 4) is 5.69 Å². The first-order valence-corrected chi connectivity index (χ1v) is 8.83. The number of amides is 1. The average molecular weight is 339 g/mol. The fraction of sp³-hybridized carbons (Fsp3) is 0.421. The molecule has 6 heteroatoms. The smallest absolute Gasteiger partial charge is 0.306 e. The van der Waals surface area contributed by atoms with Crippen LogP contribution in [-0.4, -0.2) is 32.8 Å². The summed E-state index contributed by atoms with van der Waals surface area (Å²) in [5.41, 5.74) is 3.61. The third kappa shape index (κ3) is 2.92. The van der Waals surface area contributed by atoms with E-state index in [1.54, 1.807) is 0 Å². The van der Waals surface area contributed by atoms with Crippen LogP contribution in [0.1, 0.15) is 47.4 Å². The van der Waals surface area contributed by atoms with E-state index >= 15 is 0 Å². The fourth-order valence-corrected chi connectivity index (χ4v) is 3.99. The van der Waals surface area contributed by atoms with E-state index in [4.69, 9.17) is 5.11 Å². The number of carboxylic acid groups (broad SMARTS) is 1. The summed E-state index contributed by atoms with van der Waals surface area (Å²) >= 11 is 0. The molecule has 2 atom stereocenters. The van der Waals surface area contributed by atoms with Crippen molar-refractivity contribution in [1.82, 2.24) is 15.1 Å². The Bertz CT molecular complexity index is 813. The Morgan fingerprint density at radius 1 is 1.16 bits per heavy atom. The third-order valence-corrected chi connectivity index (χ3v) is 5.26. The van der Waals surface area contributed by atoms with Gasteiger partial charge in [0.1, 0.15) is 0 Å². The van der Waals surface area contributed by atoms with Crippen molar-refractivity contribution in [3.05, 3.63) is 47.3 Å². The number of fused-ring (bicyclic) bond motifs is 1. The van der Waals surface area contributed by atoms with E-state index in [0.717, 1.165) is 36.2 Å². The molecule has 2 aliphatic rings. The normalized spacial score (nSPS) is 21.9. The average Bonchev–Trinajstić information content (AvgIpc) is 3.31. The maximum atomic E-state index is 12.7. The van der Waals surface area contributed by atoms with E-state index in [2.05, 4.69) is 10.4 Å². The van der Waals surface area contributed by atoms with Gasteiger partial charge in [-0.3, -0.25) is 9.59 Å². The highest BCUT2D eigenvalue weighted by Gasteiger charge is 2.33. The molecule has 2 N–H and O–H groups in total. The van der Waals surface area contributed by atoms with Gasteiger partial charge in [0.15, 0.2) is 5.69 Å². The Hall–Kier alpha value is -2.63. The topological polar surface area (TPSA) is 84.2 Å². The van der Waals surface area contributed by atoms with Crippen LogP contribution >= 0.6 is 0 Å². The van der Waals surface area contributed by atoms with Gasteiger partial charge in [-0.1, -0.05) is 18.2 Å². The third-order valence-electron chi connectivity index (χ3n) is 5.26. The highest BCUT2D eigenvalue weighted by atomic mass is 16.4. The summed E-state index contributed by atoms with van der Waals surface area (Å²) in [6.45, 7) is 0. The van der Waals surface area contributed by atoms with Gasteiger partial charge in [0.05, 0.1) is 11.6 Å². The summed E-state index contributed by atoms with van der Waals surface area (Å²) in [6, 6.07) is 9.78. The zero-order chi connectivity index (χ0) is 17.4. The van der Waals surface area contributed by atoms with Crippen LogP contribution in [0.4, 0.5) is 0 Å². The fourth-order valence-electron chi connectivity index (χ4n) is 3.99.